The first-order valence-corrected chi connectivity index (χ1v) is 10.9. The number of anilines is 1. The predicted octanol–water partition coefficient (Wildman–Crippen LogP) is 3.89. The quantitative estimate of drug-likeness (QED) is 0.526. The molecule has 1 saturated heterocycles. The number of nitrogens with one attached hydrogen (secondary N) is 1. The molecule has 6 nitrogen and oxygen atoms in total. The van der Waals surface area contributed by atoms with E-state index in [1.54, 1.807) is 19.3 Å². The molecule has 1 aliphatic heterocycles. The van der Waals surface area contributed by atoms with Crippen molar-refractivity contribution in [3.63, 3.8) is 0 Å². The van der Waals surface area contributed by atoms with Crippen molar-refractivity contribution in [1.82, 2.24) is 9.88 Å². The van der Waals surface area contributed by atoms with Gasteiger partial charge in [-0.2, -0.15) is 5.26 Å². The summed E-state index contributed by atoms with van der Waals surface area (Å²) in [7, 11) is 1.66. The number of hydrogen-bond donors (Lipinski definition) is 1. The molecule has 2 aromatic rings. The fraction of sp³-hybridized carbons (Fsp3) is 0.440. The summed E-state index contributed by atoms with van der Waals surface area (Å²) >= 11 is 0. The van der Waals surface area contributed by atoms with Gasteiger partial charge in [-0.3, -0.25) is 4.79 Å². The van der Waals surface area contributed by atoms with Gasteiger partial charge in [-0.15, -0.1) is 0 Å². The Bertz CT molecular complexity index is 1050. The number of rotatable bonds is 7. The number of hydrogen-bond acceptors (Lipinski definition) is 4. The molecule has 0 radical (unpaired) electrons. The van der Waals surface area contributed by atoms with Crippen molar-refractivity contribution in [2.24, 2.45) is 0 Å². The molecule has 0 bridgehead atoms. The molecule has 0 aliphatic carbocycles. The van der Waals surface area contributed by atoms with E-state index in [1.165, 1.54) is 6.07 Å². The maximum atomic E-state index is 14.3. The standard InChI is InChI=1S/C25H31FN4O2/c1-17-7-8-23(26)24(12-17)29-9-5-6-22(16-29)28-25(31)21(15-27)14-20-13-18(2)30(19(20)3)10-11-32-4/h7-8,12-14,22H,5-6,9-11,16H2,1-4H3,(H,28,31)/b21-14-. The van der Waals surface area contributed by atoms with E-state index < -0.39 is 5.91 Å². The molecule has 1 aromatic carbocycles. The normalized spacial score (nSPS) is 16.7. The highest BCUT2D eigenvalue weighted by atomic mass is 19.1. The van der Waals surface area contributed by atoms with E-state index >= 15 is 0 Å². The molecule has 170 valence electrons. The van der Waals surface area contributed by atoms with Crippen LogP contribution < -0.4 is 10.2 Å². The number of aromatic nitrogens is 1. The summed E-state index contributed by atoms with van der Waals surface area (Å²) in [5.74, 6) is -0.658. The number of amides is 1. The highest BCUT2D eigenvalue weighted by molar-refractivity contribution is 6.02. The Morgan fingerprint density at radius 1 is 1.34 bits per heavy atom. The van der Waals surface area contributed by atoms with Crippen LogP contribution in [0.2, 0.25) is 0 Å². The summed E-state index contributed by atoms with van der Waals surface area (Å²) in [6, 6.07) is 8.92. The van der Waals surface area contributed by atoms with Gasteiger partial charge in [-0.25, -0.2) is 4.39 Å². The number of benzene rings is 1. The predicted molar refractivity (Wildman–Crippen MR) is 124 cm³/mol. The topological polar surface area (TPSA) is 70.3 Å². The van der Waals surface area contributed by atoms with E-state index in [4.69, 9.17) is 4.74 Å². The van der Waals surface area contributed by atoms with Crippen LogP contribution >= 0.6 is 0 Å². The number of aryl methyl sites for hydroxylation is 2. The van der Waals surface area contributed by atoms with Crippen molar-refractivity contribution >= 4 is 17.7 Å². The van der Waals surface area contributed by atoms with Crippen molar-refractivity contribution in [3.05, 3.63) is 58.2 Å². The summed E-state index contributed by atoms with van der Waals surface area (Å²) in [6.45, 7) is 8.44. The van der Waals surface area contributed by atoms with Crippen molar-refractivity contribution in [2.75, 3.05) is 31.7 Å². The number of piperidine rings is 1. The second-order valence-corrected chi connectivity index (χ2v) is 8.35. The van der Waals surface area contributed by atoms with Crippen molar-refractivity contribution in [1.29, 1.82) is 5.26 Å². The third-order valence-corrected chi connectivity index (χ3v) is 6.00. The van der Waals surface area contributed by atoms with Gasteiger partial charge in [0.05, 0.1) is 12.3 Å². The lowest BCUT2D eigenvalue weighted by Crippen LogP contribution is -2.48. The Morgan fingerprint density at radius 2 is 2.12 bits per heavy atom. The smallest absolute Gasteiger partial charge is 0.262 e. The Labute approximate surface area is 189 Å². The van der Waals surface area contributed by atoms with Gasteiger partial charge in [0.1, 0.15) is 17.5 Å². The summed E-state index contributed by atoms with van der Waals surface area (Å²) in [4.78, 5) is 14.8. The number of halogens is 1. The molecule has 0 saturated carbocycles. The molecule has 7 heteroatoms. The number of carbonyl (C=O) groups excluding carboxylic acids is 1. The zero-order valence-corrected chi connectivity index (χ0v) is 19.2. The molecule has 0 spiro atoms. The first-order chi connectivity index (χ1) is 15.3. The summed E-state index contributed by atoms with van der Waals surface area (Å²) < 4.78 is 21.6. The maximum absolute atomic E-state index is 14.3. The van der Waals surface area contributed by atoms with Crippen LogP contribution in [-0.2, 0) is 16.1 Å². The van der Waals surface area contributed by atoms with Gasteiger partial charge < -0.3 is 19.5 Å². The lowest BCUT2D eigenvalue weighted by molar-refractivity contribution is -0.117. The zero-order chi connectivity index (χ0) is 23.3. The van der Waals surface area contributed by atoms with Gasteiger partial charge in [0.2, 0.25) is 0 Å². The first kappa shape index (κ1) is 23.6. The minimum atomic E-state index is -0.397. The zero-order valence-electron chi connectivity index (χ0n) is 19.2. The van der Waals surface area contributed by atoms with Crippen LogP contribution in [0.1, 0.15) is 35.4 Å². The first-order valence-electron chi connectivity index (χ1n) is 10.9. The second kappa shape index (κ2) is 10.5. The van der Waals surface area contributed by atoms with Crippen LogP contribution in [0.3, 0.4) is 0 Å². The van der Waals surface area contributed by atoms with Crippen molar-refractivity contribution < 1.29 is 13.9 Å². The van der Waals surface area contributed by atoms with Crippen LogP contribution in [0.25, 0.3) is 6.08 Å². The molecule has 1 atom stereocenters. The minimum Gasteiger partial charge on any atom is -0.383 e. The van der Waals surface area contributed by atoms with Crippen molar-refractivity contribution in [2.45, 2.75) is 46.2 Å². The molecule has 1 amide bonds. The molecule has 1 fully saturated rings. The van der Waals surface area contributed by atoms with Crippen LogP contribution in [0.4, 0.5) is 10.1 Å². The number of ether oxygens (including phenoxy) is 1. The van der Waals surface area contributed by atoms with Gasteiger partial charge in [0.25, 0.3) is 5.91 Å². The van der Waals surface area contributed by atoms with Gasteiger partial charge in [-0.1, -0.05) is 6.07 Å². The molecule has 1 aliphatic rings. The van der Waals surface area contributed by atoms with E-state index in [9.17, 15) is 14.4 Å². The fourth-order valence-corrected chi connectivity index (χ4v) is 4.25. The third-order valence-electron chi connectivity index (χ3n) is 6.00. The summed E-state index contributed by atoms with van der Waals surface area (Å²) in [5.41, 5.74) is 4.49. The molecule has 32 heavy (non-hydrogen) atoms. The van der Waals surface area contributed by atoms with E-state index in [0.29, 0.717) is 25.4 Å². The molecule has 2 heterocycles. The molecule has 3 rings (SSSR count). The SMILES string of the molecule is COCCn1c(C)cc(/C=C(/C#N)C(=O)NC2CCCN(c3cc(C)ccc3F)C2)c1C. The lowest BCUT2D eigenvalue weighted by atomic mass is 10.0. The number of carbonyl (C=O) groups is 1. The summed E-state index contributed by atoms with van der Waals surface area (Å²) in [6.07, 6.45) is 3.27. The van der Waals surface area contributed by atoms with E-state index in [2.05, 4.69) is 9.88 Å². The van der Waals surface area contributed by atoms with Crippen LogP contribution in [0.15, 0.2) is 29.8 Å². The van der Waals surface area contributed by atoms with E-state index in [0.717, 1.165) is 41.9 Å². The Hall–Kier alpha value is -3.11. The Kier molecular flexibility index (Phi) is 7.70. The molecule has 1 aromatic heterocycles. The number of nitriles is 1. The Balaban J connectivity index is 1.72. The highest BCUT2D eigenvalue weighted by Crippen LogP contribution is 2.25. The van der Waals surface area contributed by atoms with Crippen LogP contribution in [0, 0.1) is 37.9 Å². The van der Waals surface area contributed by atoms with E-state index in [-0.39, 0.29) is 17.4 Å². The van der Waals surface area contributed by atoms with Gasteiger partial charge in [0, 0.05) is 44.2 Å². The molecular weight excluding hydrogens is 407 g/mol. The van der Waals surface area contributed by atoms with Crippen LogP contribution in [0.5, 0.6) is 0 Å². The number of methoxy groups -OCH3 is 1. The monoisotopic (exact) mass is 438 g/mol. The third kappa shape index (κ3) is 5.38. The average Bonchev–Trinajstić information content (AvgIpc) is 3.04. The second-order valence-electron chi connectivity index (χ2n) is 8.35. The van der Waals surface area contributed by atoms with Gasteiger partial charge >= 0.3 is 0 Å². The lowest BCUT2D eigenvalue weighted by Gasteiger charge is -2.35. The summed E-state index contributed by atoms with van der Waals surface area (Å²) in [5, 5.41) is 12.6. The van der Waals surface area contributed by atoms with E-state index in [1.807, 2.05) is 43.9 Å². The minimum absolute atomic E-state index is 0.0656. The van der Waals surface area contributed by atoms with Crippen LogP contribution in [-0.4, -0.2) is 43.3 Å². The average molecular weight is 439 g/mol. The highest BCUT2D eigenvalue weighted by Gasteiger charge is 2.24. The van der Waals surface area contributed by atoms with Crippen molar-refractivity contribution in [3.8, 4) is 6.07 Å². The Morgan fingerprint density at radius 3 is 2.84 bits per heavy atom. The maximum Gasteiger partial charge on any atom is 0.262 e. The van der Waals surface area contributed by atoms with Gasteiger partial charge in [0.15, 0.2) is 0 Å². The van der Waals surface area contributed by atoms with Gasteiger partial charge in [-0.05, 0) is 69.0 Å². The largest absolute Gasteiger partial charge is 0.383 e. The molecule has 1 N–H and O–H groups in total. The fourth-order valence-electron chi connectivity index (χ4n) is 4.25. The molecule has 1 unspecified atom stereocenters. The number of nitrogens with zero attached hydrogens (tertiary/aromatic N) is 3. The molecular formula is C25H31FN4O2.